The number of aryl methyl sites for hydroxylation is 1. The van der Waals surface area contributed by atoms with Gasteiger partial charge in [0.15, 0.2) is 0 Å². The summed E-state index contributed by atoms with van der Waals surface area (Å²) in [5.41, 5.74) is 2.93. The summed E-state index contributed by atoms with van der Waals surface area (Å²) in [6.07, 6.45) is 2.10. The highest BCUT2D eigenvalue weighted by Crippen LogP contribution is 2.25. The van der Waals surface area contributed by atoms with Gasteiger partial charge in [0.25, 0.3) is 0 Å². The van der Waals surface area contributed by atoms with E-state index >= 15 is 0 Å². The van der Waals surface area contributed by atoms with Crippen LogP contribution in [0.4, 0.5) is 5.69 Å². The summed E-state index contributed by atoms with van der Waals surface area (Å²) in [5.74, 6) is -0.654. The second kappa shape index (κ2) is 14.7. The zero-order chi connectivity index (χ0) is 30.2. The van der Waals surface area contributed by atoms with Gasteiger partial charge in [0.1, 0.15) is 12.6 Å². The van der Waals surface area contributed by atoms with Crippen molar-refractivity contribution in [3.05, 3.63) is 99.5 Å². The molecule has 0 unspecified atom stereocenters. The van der Waals surface area contributed by atoms with E-state index in [1.165, 1.54) is 4.90 Å². The van der Waals surface area contributed by atoms with Gasteiger partial charge in [0.2, 0.25) is 21.8 Å². The van der Waals surface area contributed by atoms with Gasteiger partial charge in [-0.3, -0.25) is 13.9 Å². The Balaban J connectivity index is 2.05. The lowest BCUT2D eigenvalue weighted by atomic mass is 10.0. The van der Waals surface area contributed by atoms with Crippen LogP contribution in [0.3, 0.4) is 0 Å². The molecular formula is C31H37Cl2N3O4S. The molecule has 3 rings (SSSR count). The first kappa shape index (κ1) is 32.4. The van der Waals surface area contributed by atoms with Crippen LogP contribution in [0.25, 0.3) is 0 Å². The smallest absolute Gasteiger partial charge is 0.244 e. The average Bonchev–Trinajstić information content (AvgIpc) is 2.94. The highest BCUT2D eigenvalue weighted by atomic mass is 35.5. The number of carbonyl (C=O) groups is 2. The molecule has 10 heteroatoms. The monoisotopic (exact) mass is 617 g/mol. The van der Waals surface area contributed by atoms with E-state index in [0.717, 1.165) is 28.1 Å². The second-order valence-electron chi connectivity index (χ2n) is 10.4. The van der Waals surface area contributed by atoms with Crippen molar-refractivity contribution in [3.8, 4) is 0 Å². The molecule has 0 aliphatic rings. The number of anilines is 1. The Bertz CT molecular complexity index is 1430. The van der Waals surface area contributed by atoms with E-state index in [-0.39, 0.29) is 24.8 Å². The molecule has 0 saturated carbocycles. The van der Waals surface area contributed by atoms with Crippen molar-refractivity contribution in [3.63, 3.8) is 0 Å². The maximum absolute atomic E-state index is 14.1. The third-order valence-corrected chi connectivity index (χ3v) is 8.48. The molecule has 0 aromatic heterocycles. The fourth-order valence-electron chi connectivity index (χ4n) is 4.32. The fraction of sp³-hybridized carbons (Fsp3) is 0.355. The number of amides is 2. The number of nitrogens with zero attached hydrogens (tertiary/aromatic N) is 2. The number of halogens is 2. The van der Waals surface area contributed by atoms with E-state index in [1.807, 2.05) is 63.2 Å². The molecule has 0 bridgehead atoms. The standard InChI is InChI=1S/C31H37Cl2N3O4S/c1-5-23-11-14-26(15-12-23)36(41(4,39)40)21-30(37)35(20-25-13-16-27(32)28(33)17-25)29(31(38)34-19-22(2)3)18-24-9-7-6-8-10-24/h6-17,22,29H,5,18-21H2,1-4H3,(H,34,38)/t29-/m0/s1. The van der Waals surface area contributed by atoms with Gasteiger partial charge in [-0.05, 0) is 53.3 Å². The molecule has 0 spiro atoms. The van der Waals surface area contributed by atoms with Crippen LogP contribution >= 0.6 is 23.2 Å². The minimum Gasteiger partial charge on any atom is -0.354 e. The Hall–Kier alpha value is -3.07. The molecule has 41 heavy (non-hydrogen) atoms. The summed E-state index contributed by atoms with van der Waals surface area (Å²) in [6.45, 7) is 5.95. The van der Waals surface area contributed by atoms with Crippen LogP contribution in [0.5, 0.6) is 0 Å². The SMILES string of the molecule is CCc1ccc(N(CC(=O)N(Cc2ccc(Cl)c(Cl)c2)[C@@H](Cc2ccccc2)C(=O)NCC(C)C)S(C)(=O)=O)cc1. The van der Waals surface area contributed by atoms with Gasteiger partial charge < -0.3 is 10.2 Å². The Morgan fingerprint density at radius 3 is 2.07 bits per heavy atom. The number of benzene rings is 3. The van der Waals surface area contributed by atoms with Crippen LogP contribution < -0.4 is 9.62 Å². The van der Waals surface area contributed by atoms with Gasteiger partial charge >= 0.3 is 0 Å². The molecule has 1 atom stereocenters. The van der Waals surface area contributed by atoms with Crippen LogP contribution in [0.2, 0.25) is 10.0 Å². The number of sulfonamides is 1. The number of hydrogen-bond acceptors (Lipinski definition) is 4. The van der Waals surface area contributed by atoms with E-state index in [0.29, 0.717) is 27.8 Å². The topological polar surface area (TPSA) is 86.8 Å². The molecule has 7 nitrogen and oxygen atoms in total. The van der Waals surface area contributed by atoms with Crippen molar-refractivity contribution in [1.82, 2.24) is 10.2 Å². The number of rotatable bonds is 13. The lowest BCUT2D eigenvalue weighted by Gasteiger charge is -2.33. The third kappa shape index (κ3) is 9.48. The predicted octanol–water partition coefficient (Wildman–Crippen LogP) is 5.73. The molecule has 0 saturated heterocycles. The molecule has 0 radical (unpaired) electrons. The average molecular weight is 619 g/mol. The zero-order valence-electron chi connectivity index (χ0n) is 23.8. The quantitative estimate of drug-likeness (QED) is 0.265. The predicted molar refractivity (Wildman–Crippen MR) is 167 cm³/mol. The van der Waals surface area contributed by atoms with Crippen molar-refractivity contribution in [2.24, 2.45) is 5.92 Å². The fourth-order valence-corrected chi connectivity index (χ4v) is 5.49. The lowest BCUT2D eigenvalue weighted by Crippen LogP contribution is -2.53. The summed E-state index contributed by atoms with van der Waals surface area (Å²) in [7, 11) is -3.83. The Morgan fingerprint density at radius 1 is 0.878 bits per heavy atom. The minimum atomic E-state index is -3.83. The van der Waals surface area contributed by atoms with E-state index in [9.17, 15) is 18.0 Å². The molecule has 0 aliphatic heterocycles. The summed E-state index contributed by atoms with van der Waals surface area (Å²) in [6, 6.07) is 20.5. The Morgan fingerprint density at radius 2 is 1.51 bits per heavy atom. The van der Waals surface area contributed by atoms with Crippen LogP contribution in [0.1, 0.15) is 37.5 Å². The van der Waals surface area contributed by atoms with Gasteiger partial charge in [-0.1, -0.05) is 92.5 Å². The van der Waals surface area contributed by atoms with Gasteiger partial charge in [-0.2, -0.15) is 0 Å². The highest BCUT2D eigenvalue weighted by molar-refractivity contribution is 7.92. The molecule has 0 fully saturated rings. The van der Waals surface area contributed by atoms with Crippen LogP contribution in [-0.2, 0) is 39.0 Å². The first-order chi connectivity index (χ1) is 19.4. The van der Waals surface area contributed by atoms with E-state index in [4.69, 9.17) is 23.2 Å². The summed E-state index contributed by atoms with van der Waals surface area (Å²) >= 11 is 12.4. The molecule has 0 heterocycles. The minimum absolute atomic E-state index is 0.0225. The normalized spacial score (nSPS) is 12.2. The van der Waals surface area contributed by atoms with Crippen molar-refractivity contribution in [1.29, 1.82) is 0 Å². The molecule has 1 N–H and O–H groups in total. The molecule has 2 amide bonds. The number of nitrogens with one attached hydrogen (secondary N) is 1. The van der Waals surface area contributed by atoms with Crippen molar-refractivity contribution < 1.29 is 18.0 Å². The summed E-state index contributed by atoms with van der Waals surface area (Å²) in [5, 5.41) is 3.64. The first-order valence-corrected chi connectivity index (χ1v) is 16.1. The molecule has 3 aromatic rings. The van der Waals surface area contributed by atoms with E-state index in [1.54, 1.807) is 30.3 Å². The lowest BCUT2D eigenvalue weighted by molar-refractivity contribution is -0.140. The number of hydrogen-bond donors (Lipinski definition) is 1. The van der Waals surface area contributed by atoms with E-state index in [2.05, 4.69) is 5.32 Å². The first-order valence-electron chi connectivity index (χ1n) is 13.5. The maximum Gasteiger partial charge on any atom is 0.244 e. The van der Waals surface area contributed by atoms with Crippen molar-refractivity contribution in [2.45, 2.75) is 46.2 Å². The molecule has 0 aliphatic carbocycles. The van der Waals surface area contributed by atoms with Crippen LogP contribution in [0, 0.1) is 5.92 Å². The largest absolute Gasteiger partial charge is 0.354 e. The third-order valence-electron chi connectivity index (χ3n) is 6.60. The van der Waals surface area contributed by atoms with Crippen LogP contribution in [0.15, 0.2) is 72.8 Å². The van der Waals surface area contributed by atoms with Gasteiger partial charge in [0.05, 0.1) is 22.0 Å². The Kier molecular flexibility index (Phi) is 11.6. The van der Waals surface area contributed by atoms with Gasteiger partial charge in [0, 0.05) is 19.5 Å². The number of carbonyl (C=O) groups excluding carboxylic acids is 2. The van der Waals surface area contributed by atoms with Gasteiger partial charge in [-0.25, -0.2) is 8.42 Å². The van der Waals surface area contributed by atoms with Gasteiger partial charge in [-0.15, -0.1) is 0 Å². The van der Waals surface area contributed by atoms with E-state index < -0.39 is 28.5 Å². The van der Waals surface area contributed by atoms with Crippen molar-refractivity contribution >= 4 is 50.7 Å². The highest BCUT2D eigenvalue weighted by Gasteiger charge is 2.33. The summed E-state index contributed by atoms with van der Waals surface area (Å²) < 4.78 is 26.9. The molecule has 3 aromatic carbocycles. The van der Waals surface area contributed by atoms with Crippen molar-refractivity contribution in [2.75, 3.05) is 23.7 Å². The molecular weight excluding hydrogens is 581 g/mol. The Labute approximate surface area is 253 Å². The van der Waals surface area contributed by atoms with Crippen LogP contribution in [-0.4, -0.2) is 50.5 Å². The maximum atomic E-state index is 14.1. The summed E-state index contributed by atoms with van der Waals surface area (Å²) in [4.78, 5) is 29.2. The molecule has 220 valence electrons. The zero-order valence-corrected chi connectivity index (χ0v) is 26.1. The second-order valence-corrected chi connectivity index (χ2v) is 13.1.